The van der Waals surface area contributed by atoms with Crippen molar-refractivity contribution in [2.24, 2.45) is 0 Å². The SMILES string of the molecule is C#CCCC(O)c1cnn(CCC)c1. The number of terminal acetylenes is 1. The lowest BCUT2D eigenvalue weighted by Gasteiger charge is -2.04. The van der Waals surface area contributed by atoms with Gasteiger partial charge in [0.1, 0.15) is 0 Å². The van der Waals surface area contributed by atoms with Gasteiger partial charge in [-0.05, 0) is 12.8 Å². The third kappa shape index (κ3) is 2.90. The van der Waals surface area contributed by atoms with Gasteiger partial charge in [-0.2, -0.15) is 5.10 Å². The maximum atomic E-state index is 9.68. The Kier molecular flexibility index (Phi) is 4.21. The van der Waals surface area contributed by atoms with E-state index in [1.807, 2.05) is 10.9 Å². The smallest absolute Gasteiger partial charge is 0.0829 e. The predicted octanol–water partition coefficient (Wildman–Crippen LogP) is 1.74. The Hall–Kier alpha value is -1.27. The van der Waals surface area contributed by atoms with Crippen molar-refractivity contribution in [1.29, 1.82) is 0 Å². The molecule has 1 rings (SSSR count). The normalized spacial score (nSPS) is 12.4. The minimum atomic E-state index is -0.475. The number of aliphatic hydroxyl groups is 1. The summed E-state index contributed by atoms with van der Waals surface area (Å²) < 4.78 is 1.84. The van der Waals surface area contributed by atoms with Gasteiger partial charge in [0.15, 0.2) is 0 Å². The van der Waals surface area contributed by atoms with Crippen molar-refractivity contribution < 1.29 is 5.11 Å². The Morgan fingerprint density at radius 3 is 3.14 bits per heavy atom. The van der Waals surface area contributed by atoms with Crippen LogP contribution in [0.15, 0.2) is 12.4 Å². The van der Waals surface area contributed by atoms with Gasteiger partial charge in [-0.3, -0.25) is 4.68 Å². The summed E-state index contributed by atoms with van der Waals surface area (Å²) >= 11 is 0. The van der Waals surface area contributed by atoms with Crippen LogP contribution in [-0.2, 0) is 6.54 Å². The van der Waals surface area contributed by atoms with Gasteiger partial charge in [0.05, 0.1) is 12.3 Å². The van der Waals surface area contributed by atoms with Gasteiger partial charge in [0, 0.05) is 24.7 Å². The van der Waals surface area contributed by atoms with Crippen molar-refractivity contribution in [1.82, 2.24) is 9.78 Å². The molecule has 0 bridgehead atoms. The number of nitrogens with zero attached hydrogens (tertiary/aromatic N) is 2. The molecule has 0 amide bonds. The molecule has 0 saturated heterocycles. The molecule has 1 aromatic rings. The highest BCUT2D eigenvalue weighted by molar-refractivity contribution is 5.08. The van der Waals surface area contributed by atoms with Crippen LogP contribution in [0, 0.1) is 12.3 Å². The van der Waals surface area contributed by atoms with Crippen molar-refractivity contribution in [3.05, 3.63) is 18.0 Å². The molecule has 0 aromatic carbocycles. The summed E-state index contributed by atoms with van der Waals surface area (Å²) in [6, 6.07) is 0. The van der Waals surface area contributed by atoms with Crippen LogP contribution >= 0.6 is 0 Å². The topological polar surface area (TPSA) is 38.1 Å². The fourth-order valence-corrected chi connectivity index (χ4v) is 1.29. The molecule has 1 aromatic heterocycles. The Labute approximate surface area is 84.8 Å². The molecule has 1 heterocycles. The molecule has 1 N–H and O–H groups in total. The zero-order chi connectivity index (χ0) is 10.4. The first kappa shape index (κ1) is 10.8. The van der Waals surface area contributed by atoms with E-state index in [-0.39, 0.29) is 0 Å². The van der Waals surface area contributed by atoms with E-state index in [0.29, 0.717) is 12.8 Å². The monoisotopic (exact) mass is 192 g/mol. The van der Waals surface area contributed by atoms with E-state index in [1.165, 1.54) is 0 Å². The molecule has 14 heavy (non-hydrogen) atoms. The van der Waals surface area contributed by atoms with Gasteiger partial charge >= 0.3 is 0 Å². The third-order valence-electron chi connectivity index (χ3n) is 2.05. The Bertz CT molecular complexity index is 311. The van der Waals surface area contributed by atoms with Crippen LogP contribution < -0.4 is 0 Å². The molecular weight excluding hydrogens is 176 g/mol. The van der Waals surface area contributed by atoms with E-state index >= 15 is 0 Å². The second kappa shape index (κ2) is 5.46. The molecule has 1 atom stereocenters. The summed E-state index contributed by atoms with van der Waals surface area (Å²) in [5, 5.41) is 13.8. The van der Waals surface area contributed by atoms with Crippen molar-refractivity contribution in [2.75, 3.05) is 0 Å². The maximum absolute atomic E-state index is 9.68. The molecule has 0 fully saturated rings. The Morgan fingerprint density at radius 1 is 1.71 bits per heavy atom. The highest BCUT2D eigenvalue weighted by atomic mass is 16.3. The maximum Gasteiger partial charge on any atom is 0.0829 e. The van der Waals surface area contributed by atoms with Gasteiger partial charge in [-0.25, -0.2) is 0 Å². The van der Waals surface area contributed by atoms with Crippen LogP contribution in [0.2, 0.25) is 0 Å². The lowest BCUT2D eigenvalue weighted by molar-refractivity contribution is 0.169. The highest BCUT2D eigenvalue weighted by Gasteiger charge is 2.08. The van der Waals surface area contributed by atoms with Gasteiger partial charge in [0.25, 0.3) is 0 Å². The Balaban J connectivity index is 2.53. The number of aromatic nitrogens is 2. The average Bonchev–Trinajstić information content (AvgIpc) is 2.63. The predicted molar refractivity (Wildman–Crippen MR) is 55.5 cm³/mol. The first-order valence-electron chi connectivity index (χ1n) is 4.91. The quantitative estimate of drug-likeness (QED) is 0.722. The minimum absolute atomic E-state index is 0.475. The number of aliphatic hydroxyl groups excluding tert-OH is 1. The van der Waals surface area contributed by atoms with Crippen LogP contribution in [0.4, 0.5) is 0 Å². The molecule has 0 aliphatic heterocycles. The van der Waals surface area contributed by atoms with Crippen LogP contribution in [0.25, 0.3) is 0 Å². The third-order valence-corrected chi connectivity index (χ3v) is 2.05. The molecule has 0 spiro atoms. The molecule has 76 valence electrons. The number of aryl methyl sites for hydroxylation is 1. The van der Waals surface area contributed by atoms with Gasteiger partial charge in [0.2, 0.25) is 0 Å². The zero-order valence-electron chi connectivity index (χ0n) is 8.48. The van der Waals surface area contributed by atoms with Crippen LogP contribution in [0.3, 0.4) is 0 Å². The van der Waals surface area contributed by atoms with Crippen molar-refractivity contribution in [3.8, 4) is 12.3 Å². The number of hydrogen-bond acceptors (Lipinski definition) is 2. The largest absolute Gasteiger partial charge is 0.388 e. The molecule has 0 aliphatic carbocycles. The van der Waals surface area contributed by atoms with Gasteiger partial charge < -0.3 is 5.11 Å². The molecule has 1 unspecified atom stereocenters. The van der Waals surface area contributed by atoms with E-state index in [9.17, 15) is 5.11 Å². The lowest BCUT2D eigenvalue weighted by Crippen LogP contribution is -1.97. The van der Waals surface area contributed by atoms with Gasteiger partial charge in [-0.1, -0.05) is 6.92 Å². The summed E-state index contributed by atoms with van der Waals surface area (Å²) in [7, 11) is 0. The van der Waals surface area contributed by atoms with E-state index in [2.05, 4.69) is 17.9 Å². The number of hydrogen-bond donors (Lipinski definition) is 1. The van der Waals surface area contributed by atoms with E-state index < -0.39 is 6.10 Å². The fourth-order valence-electron chi connectivity index (χ4n) is 1.29. The first-order chi connectivity index (χ1) is 6.77. The molecule has 3 heteroatoms. The summed E-state index contributed by atoms with van der Waals surface area (Å²) in [4.78, 5) is 0. The van der Waals surface area contributed by atoms with Crippen LogP contribution in [0.5, 0.6) is 0 Å². The summed E-state index contributed by atoms with van der Waals surface area (Å²) in [6.45, 7) is 2.98. The molecule has 3 nitrogen and oxygen atoms in total. The second-order valence-electron chi connectivity index (χ2n) is 3.30. The van der Waals surface area contributed by atoms with Crippen molar-refractivity contribution in [2.45, 2.75) is 38.8 Å². The molecule has 0 aliphatic rings. The average molecular weight is 192 g/mol. The standard InChI is InChI=1S/C11H16N2O/c1-3-5-6-11(14)10-8-12-13(9-10)7-4-2/h1,8-9,11,14H,4-7H2,2H3. The fraction of sp³-hybridized carbons (Fsp3) is 0.545. The Morgan fingerprint density at radius 2 is 2.50 bits per heavy atom. The van der Waals surface area contributed by atoms with Crippen LogP contribution in [-0.4, -0.2) is 14.9 Å². The first-order valence-corrected chi connectivity index (χ1v) is 4.91. The lowest BCUT2D eigenvalue weighted by atomic mass is 10.1. The van der Waals surface area contributed by atoms with Crippen LogP contribution in [0.1, 0.15) is 37.9 Å². The molecular formula is C11H16N2O. The van der Waals surface area contributed by atoms with Crippen molar-refractivity contribution >= 4 is 0 Å². The van der Waals surface area contributed by atoms with E-state index in [1.54, 1.807) is 6.20 Å². The second-order valence-corrected chi connectivity index (χ2v) is 3.30. The van der Waals surface area contributed by atoms with E-state index in [0.717, 1.165) is 18.5 Å². The summed E-state index contributed by atoms with van der Waals surface area (Å²) in [6.07, 6.45) is 10.5. The van der Waals surface area contributed by atoms with E-state index in [4.69, 9.17) is 6.42 Å². The van der Waals surface area contributed by atoms with Gasteiger partial charge in [-0.15, -0.1) is 12.3 Å². The molecule has 0 radical (unpaired) electrons. The van der Waals surface area contributed by atoms with Crippen molar-refractivity contribution in [3.63, 3.8) is 0 Å². The summed E-state index contributed by atoms with van der Waals surface area (Å²) in [5.41, 5.74) is 0.855. The highest BCUT2D eigenvalue weighted by Crippen LogP contribution is 2.16. The zero-order valence-corrected chi connectivity index (χ0v) is 8.48. The minimum Gasteiger partial charge on any atom is -0.388 e. The molecule has 0 saturated carbocycles. The number of rotatable bonds is 5. The summed E-state index contributed by atoms with van der Waals surface area (Å²) in [5.74, 6) is 2.51.